The Morgan fingerprint density at radius 2 is 1.71 bits per heavy atom. The lowest BCUT2D eigenvalue weighted by Crippen LogP contribution is -2.49. The Morgan fingerprint density at radius 3 is 2.39 bits per heavy atom. The summed E-state index contributed by atoms with van der Waals surface area (Å²) in [6, 6.07) is 11.2. The van der Waals surface area contributed by atoms with Crippen LogP contribution in [0.3, 0.4) is 0 Å². The first kappa shape index (κ1) is 25.1. The average Bonchev–Trinajstić information content (AvgIpc) is 2.73. The number of halogens is 2. The average molecular weight is 465 g/mol. The van der Waals surface area contributed by atoms with Crippen LogP contribution in [0.25, 0.3) is 0 Å². The predicted molar refractivity (Wildman–Crippen MR) is 127 cm³/mol. The van der Waals surface area contributed by atoms with Crippen LogP contribution in [0, 0.1) is 17.8 Å². The topological polar surface area (TPSA) is 97.1 Å². The number of hydrogen-bond acceptors (Lipinski definition) is 4. The van der Waals surface area contributed by atoms with Gasteiger partial charge in [0.25, 0.3) is 5.91 Å². The minimum atomic E-state index is -0.182. The third-order valence-electron chi connectivity index (χ3n) is 6.38. The molecular formula is C23H30Cl2N4O2. The fourth-order valence-electron chi connectivity index (χ4n) is 4.80. The van der Waals surface area contributed by atoms with Crippen LogP contribution >= 0.6 is 24.8 Å². The zero-order valence-corrected chi connectivity index (χ0v) is 19.0. The number of pyridine rings is 1. The van der Waals surface area contributed by atoms with E-state index in [-0.39, 0.29) is 48.6 Å². The summed E-state index contributed by atoms with van der Waals surface area (Å²) in [5.41, 5.74) is 8.56. The molecule has 2 saturated carbocycles. The summed E-state index contributed by atoms with van der Waals surface area (Å²) in [5.74, 6) is 0.994. The molecule has 2 bridgehead atoms. The van der Waals surface area contributed by atoms with E-state index in [1.807, 2.05) is 24.3 Å². The number of nitrogens with one attached hydrogen (secondary N) is 2. The van der Waals surface area contributed by atoms with Gasteiger partial charge in [-0.1, -0.05) is 18.6 Å². The standard InChI is InChI=1S/C23H28N4O2.2ClH/c24-21-17-4-2-5-18(21)13-19(12-17)22(28)26-14-15-3-1-6-20(11-15)27-23(29)16-7-9-25-10-8-16;;/h1,3,6-11,17-19,21H,2,4-5,12-14,24H2,(H,26,28)(H,27,29);2*1H. The van der Waals surface area contributed by atoms with E-state index in [2.05, 4.69) is 15.6 Å². The highest BCUT2D eigenvalue weighted by Gasteiger charge is 2.40. The minimum absolute atomic E-state index is 0. The van der Waals surface area contributed by atoms with Gasteiger partial charge in [0.2, 0.25) is 5.91 Å². The first-order valence-electron chi connectivity index (χ1n) is 10.4. The second-order valence-electron chi connectivity index (χ2n) is 8.30. The molecule has 2 atom stereocenters. The number of aromatic nitrogens is 1. The van der Waals surface area contributed by atoms with E-state index in [9.17, 15) is 9.59 Å². The van der Waals surface area contributed by atoms with Gasteiger partial charge in [0.05, 0.1) is 0 Å². The molecule has 2 amide bonds. The molecule has 8 heteroatoms. The van der Waals surface area contributed by atoms with E-state index in [0.29, 0.717) is 29.6 Å². The van der Waals surface area contributed by atoms with Crippen molar-refractivity contribution in [3.05, 3.63) is 59.9 Å². The fraction of sp³-hybridized carbons (Fsp3) is 0.435. The van der Waals surface area contributed by atoms with Crippen molar-refractivity contribution in [2.45, 2.75) is 44.7 Å². The second kappa shape index (κ2) is 11.5. The number of nitrogens with zero attached hydrogens (tertiary/aromatic N) is 1. The van der Waals surface area contributed by atoms with Gasteiger partial charge in [0, 0.05) is 42.1 Å². The van der Waals surface area contributed by atoms with Gasteiger partial charge in [0.1, 0.15) is 0 Å². The summed E-state index contributed by atoms with van der Waals surface area (Å²) in [6.45, 7) is 0.454. The summed E-state index contributed by atoms with van der Waals surface area (Å²) in [5, 5.41) is 5.97. The molecule has 2 fully saturated rings. The zero-order chi connectivity index (χ0) is 20.2. The summed E-state index contributed by atoms with van der Waals surface area (Å²) < 4.78 is 0. The van der Waals surface area contributed by atoms with Crippen molar-refractivity contribution in [3.8, 4) is 0 Å². The lowest BCUT2D eigenvalue weighted by molar-refractivity contribution is -0.128. The highest BCUT2D eigenvalue weighted by atomic mass is 35.5. The minimum Gasteiger partial charge on any atom is -0.352 e. The van der Waals surface area contributed by atoms with E-state index in [1.54, 1.807) is 24.5 Å². The SMILES string of the molecule is Cl.Cl.NC1C2CCCC1CC(C(=O)NCc1cccc(NC(=O)c3ccncc3)c1)C2. The summed E-state index contributed by atoms with van der Waals surface area (Å²) in [7, 11) is 0. The van der Waals surface area contributed by atoms with Gasteiger partial charge < -0.3 is 16.4 Å². The lowest BCUT2D eigenvalue weighted by atomic mass is 9.65. The van der Waals surface area contributed by atoms with Crippen molar-refractivity contribution in [2.24, 2.45) is 23.5 Å². The van der Waals surface area contributed by atoms with Gasteiger partial charge in [-0.25, -0.2) is 0 Å². The molecule has 4 rings (SSSR count). The van der Waals surface area contributed by atoms with Crippen LogP contribution < -0.4 is 16.4 Å². The Morgan fingerprint density at radius 1 is 1.03 bits per heavy atom. The Hall–Kier alpha value is -2.15. The maximum absolute atomic E-state index is 12.7. The van der Waals surface area contributed by atoms with E-state index >= 15 is 0 Å². The van der Waals surface area contributed by atoms with Crippen molar-refractivity contribution < 1.29 is 9.59 Å². The number of rotatable bonds is 5. The molecule has 0 aliphatic heterocycles. The molecule has 2 aliphatic rings. The molecule has 6 nitrogen and oxygen atoms in total. The van der Waals surface area contributed by atoms with Gasteiger partial charge in [-0.05, 0) is 67.3 Å². The summed E-state index contributed by atoms with van der Waals surface area (Å²) in [6.07, 6.45) is 8.55. The maximum Gasteiger partial charge on any atom is 0.255 e. The van der Waals surface area contributed by atoms with E-state index in [4.69, 9.17) is 5.73 Å². The number of nitrogens with two attached hydrogens (primary N) is 1. The van der Waals surface area contributed by atoms with Crippen LogP contribution in [0.1, 0.15) is 48.0 Å². The third-order valence-corrected chi connectivity index (χ3v) is 6.38. The monoisotopic (exact) mass is 464 g/mol. The van der Waals surface area contributed by atoms with Crippen LogP contribution in [-0.2, 0) is 11.3 Å². The van der Waals surface area contributed by atoms with Crippen molar-refractivity contribution in [3.63, 3.8) is 0 Å². The molecule has 1 aromatic heterocycles. The van der Waals surface area contributed by atoms with Gasteiger partial charge in [-0.15, -0.1) is 24.8 Å². The second-order valence-corrected chi connectivity index (χ2v) is 8.30. The first-order valence-corrected chi connectivity index (χ1v) is 10.4. The number of carbonyl (C=O) groups is 2. The fourth-order valence-corrected chi connectivity index (χ4v) is 4.80. The van der Waals surface area contributed by atoms with Crippen molar-refractivity contribution >= 4 is 42.3 Å². The highest BCUT2D eigenvalue weighted by Crippen LogP contribution is 2.41. The molecule has 0 saturated heterocycles. The molecule has 0 radical (unpaired) electrons. The molecule has 31 heavy (non-hydrogen) atoms. The Labute approximate surface area is 195 Å². The molecule has 2 aromatic rings. The number of carbonyl (C=O) groups excluding carboxylic acids is 2. The molecule has 0 spiro atoms. The molecule has 2 aliphatic carbocycles. The van der Waals surface area contributed by atoms with Gasteiger partial charge in [-0.2, -0.15) is 0 Å². The molecule has 168 valence electrons. The molecule has 4 N–H and O–H groups in total. The molecular weight excluding hydrogens is 435 g/mol. The molecule has 2 unspecified atom stereocenters. The third kappa shape index (κ3) is 6.19. The molecule has 1 aromatic carbocycles. The van der Waals surface area contributed by atoms with Crippen molar-refractivity contribution in [1.82, 2.24) is 10.3 Å². The highest BCUT2D eigenvalue weighted by molar-refractivity contribution is 6.04. The van der Waals surface area contributed by atoms with E-state index in [0.717, 1.165) is 31.2 Å². The van der Waals surface area contributed by atoms with Crippen LogP contribution in [0.15, 0.2) is 48.8 Å². The number of anilines is 1. The van der Waals surface area contributed by atoms with Gasteiger partial charge >= 0.3 is 0 Å². The van der Waals surface area contributed by atoms with E-state index < -0.39 is 0 Å². The van der Waals surface area contributed by atoms with E-state index in [1.165, 1.54) is 6.42 Å². The molecule has 1 heterocycles. The maximum atomic E-state index is 12.7. The number of fused-ring (bicyclic) bond motifs is 2. The van der Waals surface area contributed by atoms with Crippen LogP contribution in [0.2, 0.25) is 0 Å². The zero-order valence-electron chi connectivity index (χ0n) is 17.3. The Balaban J connectivity index is 0.00000171. The van der Waals surface area contributed by atoms with Crippen molar-refractivity contribution in [1.29, 1.82) is 0 Å². The van der Waals surface area contributed by atoms with Crippen LogP contribution in [0.5, 0.6) is 0 Å². The number of amides is 2. The summed E-state index contributed by atoms with van der Waals surface area (Å²) in [4.78, 5) is 29.0. The first-order chi connectivity index (χ1) is 14.1. The Bertz CT molecular complexity index is 867. The van der Waals surface area contributed by atoms with Gasteiger partial charge in [0.15, 0.2) is 0 Å². The smallest absolute Gasteiger partial charge is 0.255 e. The predicted octanol–water partition coefficient (Wildman–Crippen LogP) is 3.95. The number of benzene rings is 1. The number of hydrogen-bond donors (Lipinski definition) is 3. The van der Waals surface area contributed by atoms with Crippen LogP contribution in [0.4, 0.5) is 5.69 Å². The van der Waals surface area contributed by atoms with Gasteiger partial charge in [-0.3, -0.25) is 14.6 Å². The Kier molecular flexibility index (Phi) is 9.29. The largest absolute Gasteiger partial charge is 0.352 e. The summed E-state index contributed by atoms with van der Waals surface area (Å²) >= 11 is 0. The normalized spacial score (nSPS) is 24.2. The van der Waals surface area contributed by atoms with Crippen molar-refractivity contribution in [2.75, 3.05) is 5.32 Å². The quantitative estimate of drug-likeness (QED) is 0.623. The van der Waals surface area contributed by atoms with Crippen LogP contribution in [-0.4, -0.2) is 22.8 Å². The lowest BCUT2D eigenvalue weighted by Gasteiger charge is -2.43.